The summed E-state index contributed by atoms with van der Waals surface area (Å²) < 4.78 is 33.6. The second kappa shape index (κ2) is 12.3. The molecule has 1 aliphatic heterocycles. The summed E-state index contributed by atoms with van der Waals surface area (Å²) in [6.45, 7) is -1.07. The Labute approximate surface area is 250 Å². The molecule has 0 radical (unpaired) electrons. The SMILES string of the molecule is Nc1nc(C(=NOC2(C(=O)O)CCCC2)C(=O)NC2C(=O)N(S(=O)(=O)O)C2CNC(=O)NCc2cc(=O)c(O)cn2O)cs1. The van der Waals surface area contributed by atoms with E-state index >= 15 is 0 Å². The largest absolute Gasteiger partial charge is 0.503 e. The van der Waals surface area contributed by atoms with E-state index < -0.39 is 81.8 Å². The van der Waals surface area contributed by atoms with Crippen LogP contribution in [-0.2, 0) is 36.1 Å². The van der Waals surface area contributed by atoms with Gasteiger partial charge in [0, 0.05) is 30.8 Å². The van der Waals surface area contributed by atoms with E-state index in [-0.39, 0.29) is 33.7 Å². The molecule has 2 fully saturated rings. The van der Waals surface area contributed by atoms with E-state index in [1.54, 1.807) is 0 Å². The lowest BCUT2D eigenvalue weighted by atomic mass is 9.98. The highest BCUT2D eigenvalue weighted by molar-refractivity contribution is 7.84. The number of carboxylic acids is 1. The predicted molar refractivity (Wildman–Crippen MR) is 147 cm³/mol. The fourth-order valence-electron chi connectivity index (χ4n) is 4.51. The molecular weight excluding hydrogens is 632 g/mol. The Morgan fingerprint density at radius 2 is 1.91 bits per heavy atom. The fourth-order valence-corrected chi connectivity index (χ4v) is 5.94. The van der Waals surface area contributed by atoms with E-state index in [4.69, 9.17) is 10.6 Å². The van der Waals surface area contributed by atoms with Gasteiger partial charge >= 0.3 is 22.3 Å². The van der Waals surface area contributed by atoms with Crippen LogP contribution in [0.25, 0.3) is 0 Å². The molecule has 0 aromatic carbocycles. The zero-order valence-corrected chi connectivity index (χ0v) is 24.0. The molecule has 44 heavy (non-hydrogen) atoms. The van der Waals surface area contributed by atoms with Gasteiger partial charge in [-0.15, -0.1) is 11.3 Å². The summed E-state index contributed by atoms with van der Waals surface area (Å²) in [4.78, 5) is 71.0. The summed E-state index contributed by atoms with van der Waals surface area (Å²) in [5, 5.41) is 40.5. The molecule has 20 nitrogen and oxygen atoms in total. The van der Waals surface area contributed by atoms with Gasteiger partial charge < -0.3 is 41.9 Å². The Morgan fingerprint density at radius 1 is 1.23 bits per heavy atom. The number of hydrogen-bond donors (Lipinski definition) is 8. The van der Waals surface area contributed by atoms with Crippen molar-refractivity contribution < 1.29 is 52.4 Å². The number of nitrogens with zero attached hydrogens (tertiary/aromatic N) is 4. The number of aromatic hydroxyl groups is 1. The van der Waals surface area contributed by atoms with E-state index in [9.17, 15) is 52.4 Å². The smallest absolute Gasteiger partial charge is 0.362 e. The van der Waals surface area contributed by atoms with Crippen molar-refractivity contribution in [2.24, 2.45) is 5.16 Å². The maximum Gasteiger partial charge on any atom is 0.362 e. The van der Waals surface area contributed by atoms with Crippen LogP contribution >= 0.6 is 11.3 Å². The van der Waals surface area contributed by atoms with Gasteiger partial charge in [0.15, 0.2) is 16.6 Å². The van der Waals surface area contributed by atoms with Crippen LogP contribution in [0.5, 0.6) is 5.75 Å². The zero-order valence-electron chi connectivity index (χ0n) is 22.4. The number of carboxylic acid groups (broad SMARTS) is 1. The zero-order chi connectivity index (χ0) is 32.4. The first-order valence-corrected chi connectivity index (χ1v) is 14.9. The average Bonchev–Trinajstić information content (AvgIpc) is 3.60. The van der Waals surface area contributed by atoms with E-state index in [1.165, 1.54) is 5.38 Å². The predicted octanol–water partition coefficient (Wildman–Crippen LogP) is -2.05. The number of anilines is 1. The third-order valence-electron chi connectivity index (χ3n) is 6.79. The molecule has 2 aromatic rings. The molecule has 0 bridgehead atoms. The van der Waals surface area contributed by atoms with Crippen LogP contribution in [0, 0.1) is 0 Å². The molecule has 2 unspecified atom stereocenters. The van der Waals surface area contributed by atoms with E-state index in [0.717, 1.165) is 17.4 Å². The number of pyridine rings is 1. The molecule has 2 aliphatic rings. The molecule has 238 valence electrons. The van der Waals surface area contributed by atoms with Gasteiger partial charge in [0.25, 0.3) is 11.8 Å². The van der Waals surface area contributed by atoms with Gasteiger partial charge in [-0.05, 0) is 12.8 Å². The second-order valence-corrected chi connectivity index (χ2v) is 11.8. The lowest BCUT2D eigenvalue weighted by Gasteiger charge is -2.44. The van der Waals surface area contributed by atoms with Crippen LogP contribution in [0.1, 0.15) is 37.1 Å². The van der Waals surface area contributed by atoms with E-state index in [2.05, 4.69) is 26.1 Å². The van der Waals surface area contributed by atoms with Crippen LogP contribution in [0.15, 0.2) is 27.6 Å². The highest BCUT2D eigenvalue weighted by Crippen LogP contribution is 2.34. The number of nitrogens with one attached hydrogen (secondary N) is 3. The highest BCUT2D eigenvalue weighted by Gasteiger charge is 2.54. The minimum absolute atomic E-state index is 0.0187. The molecule has 1 saturated carbocycles. The molecule has 9 N–H and O–H groups in total. The summed E-state index contributed by atoms with van der Waals surface area (Å²) >= 11 is 0.919. The standard InChI is InChI=1S/C22H26N8O12S2/c23-20-26-11(9-43-20)15(28-42-22(19(35)36)3-1-2-4-22)17(33)27-16-12(30(18(16)34)44(39,40)41)7-25-21(37)24-6-10-5-13(31)14(32)8-29(10)38/h5,8-9,12,16,32,38H,1-4,6-7H2,(H2,23,26)(H,27,33)(H,35,36)(H2,24,25,37)(H,39,40,41). The van der Waals surface area contributed by atoms with Crippen molar-refractivity contribution in [1.29, 1.82) is 0 Å². The lowest BCUT2D eigenvalue weighted by Crippen LogP contribution is -2.74. The number of thiazole rings is 1. The van der Waals surface area contributed by atoms with Crippen molar-refractivity contribution in [3.8, 4) is 5.75 Å². The number of amides is 4. The number of hydrogen-bond acceptors (Lipinski definition) is 14. The molecule has 0 spiro atoms. The molecular formula is C22H26N8O12S2. The van der Waals surface area contributed by atoms with Gasteiger partial charge in [-0.2, -0.15) is 13.1 Å². The number of rotatable bonds is 11. The summed E-state index contributed by atoms with van der Waals surface area (Å²) in [7, 11) is -5.14. The summed E-state index contributed by atoms with van der Waals surface area (Å²) in [5.74, 6) is -4.44. The van der Waals surface area contributed by atoms with Crippen molar-refractivity contribution >= 4 is 56.3 Å². The maximum absolute atomic E-state index is 13.3. The van der Waals surface area contributed by atoms with Crippen molar-refractivity contribution in [1.82, 2.24) is 30.0 Å². The molecule has 3 heterocycles. The Bertz CT molecular complexity index is 1680. The molecule has 4 amide bonds. The summed E-state index contributed by atoms with van der Waals surface area (Å²) in [6, 6.07) is -3.31. The Morgan fingerprint density at radius 3 is 2.50 bits per heavy atom. The molecule has 2 aromatic heterocycles. The van der Waals surface area contributed by atoms with E-state index in [0.29, 0.717) is 23.8 Å². The number of β-lactam (4-membered cyclic amide) rings is 1. The summed E-state index contributed by atoms with van der Waals surface area (Å²) in [6.07, 6.45) is 2.00. The number of aliphatic carboxylic acids is 1. The first-order valence-electron chi connectivity index (χ1n) is 12.6. The Hall–Kier alpha value is -4.96. The first-order chi connectivity index (χ1) is 20.6. The van der Waals surface area contributed by atoms with Gasteiger partial charge in [0.05, 0.1) is 24.5 Å². The van der Waals surface area contributed by atoms with Crippen LogP contribution in [0.2, 0.25) is 0 Å². The number of carbonyl (C=O) groups excluding carboxylic acids is 3. The van der Waals surface area contributed by atoms with Gasteiger partial charge in [-0.25, -0.2) is 18.9 Å². The Balaban J connectivity index is 1.49. The summed E-state index contributed by atoms with van der Waals surface area (Å²) in [5.41, 5.74) is 2.28. The number of urea groups is 1. The third-order valence-corrected chi connectivity index (χ3v) is 8.41. The number of nitrogen functional groups attached to an aromatic ring is 1. The first kappa shape index (κ1) is 32.0. The van der Waals surface area contributed by atoms with Gasteiger partial charge in [-0.3, -0.25) is 18.9 Å². The molecule has 1 aliphatic carbocycles. The number of carbonyl (C=O) groups is 4. The molecule has 2 atom stereocenters. The highest BCUT2D eigenvalue weighted by atomic mass is 32.2. The topological polar surface area (TPSA) is 305 Å². The molecule has 22 heteroatoms. The normalized spacial score (nSPS) is 19.6. The fraction of sp³-hybridized carbons (Fsp3) is 0.409. The minimum Gasteiger partial charge on any atom is -0.503 e. The monoisotopic (exact) mass is 658 g/mol. The molecule has 4 rings (SSSR count). The van der Waals surface area contributed by atoms with Crippen LogP contribution < -0.4 is 27.1 Å². The molecule has 1 saturated heterocycles. The Kier molecular flexibility index (Phi) is 8.96. The second-order valence-electron chi connectivity index (χ2n) is 9.66. The van der Waals surface area contributed by atoms with Crippen LogP contribution in [-0.4, -0.2) is 96.2 Å². The third kappa shape index (κ3) is 6.65. The minimum atomic E-state index is -5.14. The number of aromatic nitrogens is 2. The van der Waals surface area contributed by atoms with E-state index in [1.807, 2.05) is 0 Å². The van der Waals surface area contributed by atoms with Crippen molar-refractivity contribution in [2.75, 3.05) is 12.3 Å². The van der Waals surface area contributed by atoms with Crippen LogP contribution in [0.4, 0.5) is 9.93 Å². The lowest BCUT2D eigenvalue weighted by molar-refractivity contribution is -0.165. The van der Waals surface area contributed by atoms with Gasteiger partial charge in [0.2, 0.25) is 11.0 Å². The average molecular weight is 659 g/mol. The number of nitrogens with two attached hydrogens (primary N) is 1. The maximum atomic E-state index is 13.3. The van der Waals surface area contributed by atoms with Crippen molar-refractivity contribution in [3.05, 3.63) is 39.3 Å². The van der Waals surface area contributed by atoms with Gasteiger partial charge in [0.1, 0.15) is 11.7 Å². The number of oxime groups is 1. The van der Waals surface area contributed by atoms with Crippen LogP contribution in [0.3, 0.4) is 0 Å². The van der Waals surface area contributed by atoms with Crippen molar-refractivity contribution in [3.63, 3.8) is 0 Å². The van der Waals surface area contributed by atoms with Gasteiger partial charge in [-0.1, -0.05) is 5.16 Å². The van der Waals surface area contributed by atoms with Crippen molar-refractivity contribution in [2.45, 2.75) is 49.9 Å². The quantitative estimate of drug-likeness (QED) is 0.0424.